The molecule has 3 rings (SSSR count). The number of aromatic nitrogens is 1. The zero-order valence-electron chi connectivity index (χ0n) is 8.23. The lowest BCUT2D eigenvalue weighted by Gasteiger charge is -2.00. The Hall–Kier alpha value is -1.36. The number of hydrogen-bond donors (Lipinski definition) is 2. The Morgan fingerprint density at radius 1 is 1.38 bits per heavy atom. The lowest BCUT2D eigenvalue weighted by molar-refractivity contribution is 0.0988. The second-order valence-corrected chi connectivity index (χ2v) is 4.58. The van der Waals surface area contributed by atoms with E-state index in [4.69, 9.17) is 0 Å². The Morgan fingerprint density at radius 2 is 2.19 bits per heavy atom. The number of benzene rings is 1. The van der Waals surface area contributed by atoms with Crippen molar-refractivity contribution >= 4 is 38.3 Å². The minimum Gasteiger partial charge on any atom is -0.382 e. The summed E-state index contributed by atoms with van der Waals surface area (Å²) in [5.41, 5.74) is 1.94. The van der Waals surface area contributed by atoms with Gasteiger partial charge >= 0.3 is 0 Å². The second kappa shape index (κ2) is 3.31. The molecule has 5 heteroatoms. The van der Waals surface area contributed by atoms with E-state index in [2.05, 4.69) is 26.2 Å². The third-order valence-corrected chi connectivity index (χ3v) is 3.37. The van der Waals surface area contributed by atoms with Crippen LogP contribution in [0.1, 0.15) is 16.8 Å². The molecule has 0 saturated heterocycles. The third kappa shape index (κ3) is 1.28. The number of anilines is 1. The van der Waals surface area contributed by atoms with E-state index in [-0.39, 0.29) is 5.78 Å². The van der Waals surface area contributed by atoms with Crippen molar-refractivity contribution in [3.63, 3.8) is 0 Å². The van der Waals surface area contributed by atoms with Gasteiger partial charge in [0.05, 0.1) is 11.2 Å². The first kappa shape index (κ1) is 9.84. The van der Waals surface area contributed by atoms with Crippen molar-refractivity contribution in [2.45, 2.75) is 6.42 Å². The molecule has 2 aromatic rings. The Morgan fingerprint density at radius 3 is 3.00 bits per heavy atom. The summed E-state index contributed by atoms with van der Waals surface area (Å²) in [4.78, 5) is 14.8. The van der Waals surface area contributed by atoms with Gasteiger partial charge in [-0.3, -0.25) is 4.79 Å². The van der Waals surface area contributed by atoms with Crippen LogP contribution in [-0.2, 0) is 0 Å². The lowest BCUT2D eigenvalue weighted by Crippen LogP contribution is -2.05. The first-order chi connectivity index (χ1) is 7.66. The van der Waals surface area contributed by atoms with Crippen LogP contribution in [0.25, 0.3) is 10.9 Å². The Labute approximate surface area is 99.2 Å². The quantitative estimate of drug-likeness (QED) is 0.780. The summed E-state index contributed by atoms with van der Waals surface area (Å²) in [6.07, 6.45) is 0.389. The molecular weight excluding hydrogens is 275 g/mol. The summed E-state index contributed by atoms with van der Waals surface area (Å²) in [6, 6.07) is 2.70. The zero-order chi connectivity index (χ0) is 11.3. The van der Waals surface area contributed by atoms with Crippen LogP contribution in [0.3, 0.4) is 0 Å². The molecule has 3 nitrogen and oxygen atoms in total. The van der Waals surface area contributed by atoms with E-state index in [0.717, 1.165) is 15.7 Å². The van der Waals surface area contributed by atoms with Crippen LogP contribution in [0.5, 0.6) is 0 Å². The molecule has 1 aromatic heterocycles. The minimum absolute atomic E-state index is 0.0257. The van der Waals surface area contributed by atoms with Gasteiger partial charge < -0.3 is 10.3 Å². The predicted molar refractivity (Wildman–Crippen MR) is 63.4 cm³/mol. The molecule has 0 spiro atoms. The van der Waals surface area contributed by atoms with Gasteiger partial charge in [0, 0.05) is 23.9 Å². The summed E-state index contributed by atoms with van der Waals surface area (Å²) in [5, 5.41) is 3.94. The molecule has 2 N–H and O–H groups in total. The van der Waals surface area contributed by atoms with Crippen LogP contribution >= 0.6 is 15.9 Å². The van der Waals surface area contributed by atoms with Crippen molar-refractivity contribution in [2.75, 3.05) is 11.9 Å². The molecule has 1 aromatic carbocycles. The lowest BCUT2D eigenvalue weighted by atomic mass is 10.0. The zero-order valence-corrected chi connectivity index (χ0v) is 9.82. The number of aromatic amines is 1. The molecule has 0 bridgehead atoms. The van der Waals surface area contributed by atoms with E-state index in [0.29, 0.717) is 24.0 Å². The van der Waals surface area contributed by atoms with Gasteiger partial charge in [0.1, 0.15) is 10.4 Å². The summed E-state index contributed by atoms with van der Waals surface area (Å²) >= 11 is 3.37. The number of carbonyl (C=O) groups excluding carboxylic acids is 1. The Balaban J connectivity index is 2.47. The second-order valence-electron chi connectivity index (χ2n) is 3.79. The highest BCUT2D eigenvalue weighted by Crippen LogP contribution is 2.36. The average Bonchev–Trinajstić information content (AvgIpc) is 2.42. The molecule has 1 aliphatic heterocycles. The number of H-pyrrole nitrogens is 1. The smallest absolute Gasteiger partial charge is 0.165 e. The summed E-state index contributed by atoms with van der Waals surface area (Å²) in [6.45, 7) is 0.570. The molecule has 16 heavy (non-hydrogen) atoms. The molecule has 0 saturated carbocycles. The third-order valence-electron chi connectivity index (χ3n) is 2.77. The highest BCUT2D eigenvalue weighted by atomic mass is 79.9. The molecule has 1 aliphatic rings. The highest BCUT2D eigenvalue weighted by molar-refractivity contribution is 9.10. The normalized spacial score (nSPS) is 15.0. The summed E-state index contributed by atoms with van der Waals surface area (Å²) in [5.74, 6) is -0.416. The largest absolute Gasteiger partial charge is 0.382 e. The molecule has 0 unspecified atom stereocenters. The molecule has 2 heterocycles. The van der Waals surface area contributed by atoms with Gasteiger partial charge in [-0.1, -0.05) is 0 Å². The minimum atomic E-state index is -0.391. The predicted octanol–water partition coefficient (Wildman–Crippen LogP) is 3.07. The van der Waals surface area contributed by atoms with Crippen LogP contribution in [0.4, 0.5) is 10.1 Å². The van der Waals surface area contributed by atoms with Crippen LogP contribution in [0.2, 0.25) is 0 Å². The standard InChI is InChI=1S/C11H8BrFN2O/c12-11-10-9-6(8(16)1-2-14-10)3-5(13)4-7(9)15-11/h3-4,14-15H,1-2H2. The molecule has 0 radical (unpaired) electrons. The van der Waals surface area contributed by atoms with Crippen molar-refractivity contribution in [3.8, 4) is 0 Å². The number of hydrogen-bond acceptors (Lipinski definition) is 2. The van der Waals surface area contributed by atoms with Crippen molar-refractivity contribution < 1.29 is 9.18 Å². The fraction of sp³-hybridized carbons (Fsp3) is 0.182. The summed E-state index contributed by atoms with van der Waals surface area (Å²) in [7, 11) is 0. The highest BCUT2D eigenvalue weighted by Gasteiger charge is 2.21. The first-order valence-electron chi connectivity index (χ1n) is 4.94. The van der Waals surface area contributed by atoms with Crippen molar-refractivity contribution in [1.82, 2.24) is 4.98 Å². The Bertz CT molecular complexity index is 606. The van der Waals surface area contributed by atoms with Crippen molar-refractivity contribution in [1.29, 1.82) is 0 Å². The van der Waals surface area contributed by atoms with E-state index in [1.165, 1.54) is 12.1 Å². The maximum Gasteiger partial charge on any atom is 0.165 e. The van der Waals surface area contributed by atoms with Gasteiger partial charge in [-0.05, 0) is 28.1 Å². The van der Waals surface area contributed by atoms with E-state index >= 15 is 0 Å². The monoisotopic (exact) mass is 282 g/mol. The number of halogens is 2. The number of Topliss-reactive ketones (excluding diaryl/α,β-unsaturated/α-hetero) is 1. The van der Waals surface area contributed by atoms with Crippen LogP contribution in [0.15, 0.2) is 16.7 Å². The van der Waals surface area contributed by atoms with Gasteiger partial charge in [-0.15, -0.1) is 0 Å². The molecule has 0 aliphatic carbocycles. The molecule has 0 amide bonds. The molecule has 0 atom stereocenters. The van der Waals surface area contributed by atoms with Crippen molar-refractivity contribution in [2.24, 2.45) is 0 Å². The van der Waals surface area contributed by atoms with E-state index < -0.39 is 5.82 Å². The first-order valence-corrected chi connectivity index (χ1v) is 5.74. The fourth-order valence-corrected chi connectivity index (χ4v) is 2.64. The topological polar surface area (TPSA) is 44.9 Å². The van der Waals surface area contributed by atoms with E-state index in [1.54, 1.807) is 0 Å². The summed E-state index contributed by atoms with van der Waals surface area (Å²) < 4.78 is 14.1. The van der Waals surface area contributed by atoms with Crippen molar-refractivity contribution in [3.05, 3.63) is 28.1 Å². The molecular formula is C11H8BrFN2O. The number of rotatable bonds is 0. The van der Waals surface area contributed by atoms with E-state index in [1.807, 2.05) is 0 Å². The van der Waals surface area contributed by atoms with Gasteiger partial charge in [-0.25, -0.2) is 4.39 Å². The maximum absolute atomic E-state index is 13.3. The SMILES string of the molecule is O=C1CCNc2c(Br)[nH]c3cc(F)cc1c23. The molecule has 0 fully saturated rings. The number of nitrogens with one attached hydrogen (secondary N) is 2. The Kier molecular flexibility index (Phi) is 2.04. The van der Waals surface area contributed by atoms with Crippen LogP contribution in [-0.4, -0.2) is 17.3 Å². The van der Waals surface area contributed by atoms with Gasteiger partial charge in [0.25, 0.3) is 0 Å². The van der Waals surface area contributed by atoms with Gasteiger partial charge in [0.2, 0.25) is 0 Å². The van der Waals surface area contributed by atoms with Gasteiger partial charge in [0.15, 0.2) is 5.78 Å². The average molecular weight is 283 g/mol. The van der Waals surface area contributed by atoms with Crippen LogP contribution < -0.4 is 5.32 Å². The van der Waals surface area contributed by atoms with Gasteiger partial charge in [-0.2, -0.15) is 0 Å². The van der Waals surface area contributed by atoms with E-state index in [9.17, 15) is 9.18 Å². The fourth-order valence-electron chi connectivity index (χ4n) is 2.09. The maximum atomic E-state index is 13.3. The molecule has 82 valence electrons. The van der Waals surface area contributed by atoms with Crippen LogP contribution in [0, 0.1) is 5.82 Å². The number of ketones is 1. The number of carbonyl (C=O) groups is 1.